The molecular weight excluding hydrogens is 418 g/mol. The lowest BCUT2D eigenvalue weighted by molar-refractivity contribution is 0.397. The van der Waals surface area contributed by atoms with Crippen molar-refractivity contribution in [1.82, 2.24) is 0 Å². The quantitative estimate of drug-likeness (QED) is 0.614. The van der Waals surface area contributed by atoms with Gasteiger partial charge < -0.3 is 10.2 Å². The molecule has 2 aliphatic heterocycles. The minimum atomic E-state index is -0.546. The summed E-state index contributed by atoms with van der Waals surface area (Å²) in [6.45, 7) is 6.36. The molecule has 33 heavy (non-hydrogen) atoms. The third-order valence-corrected chi connectivity index (χ3v) is 6.07. The number of nitrogens with zero attached hydrogens (tertiary/aromatic N) is 3. The summed E-state index contributed by atoms with van der Waals surface area (Å²) in [5.41, 5.74) is 4.39. The van der Waals surface area contributed by atoms with Crippen molar-refractivity contribution >= 4 is 17.1 Å². The molecule has 6 heteroatoms. The summed E-state index contributed by atoms with van der Waals surface area (Å²) in [4.78, 5) is 6.79. The van der Waals surface area contributed by atoms with Crippen LogP contribution in [0.15, 0.2) is 78.0 Å². The van der Waals surface area contributed by atoms with Crippen molar-refractivity contribution in [3.05, 3.63) is 95.7 Å². The highest BCUT2D eigenvalue weighted by Crippen LogP contribution is 2.33. The number of aliphatic imine (C=N–C) groups is 1. The van der Waals surface area contributed by atoms with E-state index >= 15 is 0 Å². The maximum Gasteiger partial charge on any atom is 0.129 e. The number of benzene rings is 2. The van der Waals surface area contributed by atoms with Gasteiger partial charge in [-0.15, -0.1) is 0 Å². The Balaban J connectivity index is 1.46. The molecule has 0 unspecified atom stereocenters. The predicted molar refractivity (Wildman–Crippen MR) is 130 cm³/mol. The van der Waals surface area contributed by atoms with Gasteiger partial charge in [-0.25, -0.2) is 8.78 Å². The monoisotopic (exact) mass is 444 g/mol. The average Bonchev–Trinajstić information content (AvgIpc) is 3.11. The third kappa shape index (κ3) is 5.56. The maximum absolute atomic E-state index is 14.1. The molecule has 0 saturated carbocycles. The number of rotatable bonds is 6. The molecular formula is C27H26F2N4. The zero-order valence-electron chi connectivity index (χ0n) is 18.4. The van der Waals surface area contributed by atoms with E-state index in [4.69, 9.17) is 0 Å². The van der Waals surface area contributed by atoms with Gasteiger partial charge in [-0.05, 0) is 61.1 Å². The van der Waals surface area contributed by atoms with Crippen LogP contribution in [-0.2, 0) is 6.42 Å². The maximum atomic E-state index is 14.1. The zero-order chi connectivity index (χ0) is 23.2. The van der Waals surface area contributed by atoms with E-state index in [1.807, 2.05) is 42.5 Å². The Kier molecular flexibility index (Phi) is 6.99. The Morgan fingerprint density at radius 2 is 1.97 bits per heavy atom. The van der Waals surface area contributed by atoms with E-state index in [-0.39, 0.29) is 0 Å². The first-order valence-corrected chi connectivity index (χ1v) is 11.1. The van der Waals surface area contributed by atoms with Crippen LogP contribution in [0.3, 0.4) is 0 Å². The molecule has 0 aromatic heterocycles. The number of nitrogens with one attached hydrogen (secondary N) is 1. The second kappa shape index (κ2) is 10.3. The molecule has 0 atom stereocenters. The molecule has 1 fully saturated rings. The molecule has 4 nitrogen and oxygen atoms in total. The van der Waals surface area contributed by atoms with E-state index in [1.54, 1.807) is 6.07 Å². The summed E-state index contributed by atoms with van der Waals surface area (Å²) in [5.74, 6) is -0.681. The van der Waals surface area contributed by atoms with Crippen LogP contribution in [0.1, 0.15) is 24.0 Å². The zero-order valence-corrected chi connectivity index (χ0v) is 18.4. The molecule has 2 aromatic carbocycles. The Morgan fingerprint density at radius 3 is 2.73 bits per heavy atom. The average molecular weight is 445 g/mol. The van der Waals surface area contributed by atoms with Gasteiger partial charge in [0.15, 0.2) is 0 Å². The topological polar surface area (TPSA) is 51.4 Å². The molecule has 0 amide bonds. The Labute approximate surface area is 193 Å². The normalized spacial score (nSPS) is 16.2. The number of hydrogen-bond donors (Lipinski definition) is 1. The van der Waals surface area contributed by atoms with Gasteiger partial charge in [0.25, 0.3) is 0 Å². The van der Waals surface area contributed by atoms with Gasteiger partial charge in [0.05, 0.1) is 41.0 Å². The second-order valence-electron chi connectivity index (χ2n) is 8.33. The fraction of sp³-hybridized carbons (Fsp3) is 0.259. The first-order valence-electron chi connectivity index (χ1n) is 11.1. The molecule has 0 aliphatic carbocycles. The summed E-state index contributed by atoms with van der Waals surface area (Å²) in [6.07, 6.45) is 10.2. The lowest BCUT2D eigenvalue weighted by Crippen LogP contribution is -2.35. The molecule has 2 aliphatic rings. The number of nitriles is 1. The summed E-state index contributed by atoms with van der Waals surface area (Å²) in [6, 6.07) is 11.6. The predicted octanol–water partition coefficient (Wildman–Crippen LogP) is 5.79. The first kappa shape index (κ1) is 22.5. The van der Waals surface area contributed by atoms with Gasteiger partial charge in [0, 0.05) is 19.2 Å². The summed E-state index contributed by atoms with van der Waals surface area (Å²) >= 11 is 0. The number of hydrogen-bond acceptors (Lipinski definition) is 4. The molecule has 4 rings (SSSR count). The van der Waals surface area contributed by atoms with Crippen molar-refractivity contribution in [3.8, 4) is 6.07 Å². The van der Waals surface area contributed by atoms with E-state index < -0.39 is 11.6 Å². The van der Waals surface area contributed by atoms with Crippen LogP contribution in [-0.4, -0.2) is 25.3 Å². The highest BCUT2D eigenvalue weighted by molar-refractivity contribution is 6.10. The smallest absolute Gasteiger partial charge is 0.129 e. The molecule has 0 radical (unpaired) electrons. The number of halogens is 2. The Morgan fingerprint density at radius 1 is 1.15 bits per heavy atom. The fourth-order valence-electron chi connectivity index (χ4n) is 4.27. The number of allylic oxidation sites excluding steroid dienone is 3. The van der Waals surface area contributed by atoms with E-state index in [0.29, 0.717) is 35.7 Å². The van der Waals surface area contributed by atoms with Gasteiger partial charge >= 0.3 is 0 Å². The van der Waals surface area contributed by atoms with E-state index in [0.717, 1.165) is 49.1 Å². The van der Waals surface area contributed by atoms with E-state index in [2.05, 4.69) is 27.9 Å². The highest BCUT2D eigenvalue weighted by Gasteiger charge is 2.23. The van der Waals surface area contributed by atoms with Crippen LogP contribution >= 0.6 is 0 Å². The third-order valence-electron chi connectivity index (χ3n) is 6.07. The summed E-state index contributed by atoms with van der Waals surface area (Å²) in [7, 11) is 0. The standard InChI is InChI=1S/C27H26F2N4/c1-19(25-5-3-2-4-12-31-25)32-26-16-21(18-30)6-9-27(26)33-13-10-20(11-14-33)15-22-7-8-23(28)17-24(22)29/h2-9,16-17,20,32H,1,10-15H2. The van der Waals surface area contributed by atoms with Gasteiger partial charge in [-0.2, -0.15) is 5.26 Å². The largest absolute Gasteiger partial charge is 0.370 e. The Hall–Kier alpha value is -3.72. The van der Waals surface area contributed by atoms with Crippen molar-refractivity contribution in [2.45, 2.75) is 19.3 Å². The van der Waals surface area contributed by atoms with Gasteiger partial charge in [-0.1, -0.05) is 30.9 Å². The molecule has 0 spiro atoms. The molecule has 1 saturated heterocycles. The lowest BCUT2D eigenvalue weighted by atomic mass is 9.89. The number of piperidine rings is 1. The van der Waals surface area contributed by atoms with Crippen LogP contribution in [0.5, 0.6) is 0 Å². The Bertz CT molecular complexity index is 1170. The van der Waals surface area contributed by atoms with Crippen molar-refractivity contribution in [2.75, 3.05) is 29.9 Å². The van der Waals surface area contributed by atoms with Crippen LogP contribution in [0, 0.1) is 28.9 Å². The minimum Gasteiger partial charge on any atom is -0.370 e. The summed E-state index contributed by atoms with van der Waals surface area (Å²) < 4.78 is 27.3. The van der Waals surface area contributed by atoms with E-state index in [1.165, 1.54) is 6.07 Å². The van der Waals surface area contributed by atoms with Gasteiger partial charge in [0.1, 0.15) is 11.6 Å². The van der Waals surface area contributed by atoms with Crippen LogP contribution in [0.2, 0.25) is 0 Å². The SMILES string of the molecule is C=C(Nc1cc(C#N)ccc1N1CCC(Cc2ccc(F)cc2F)CC1)C1=NCC=CC=C1. The summed E-state index contributed by atoms with van der Waals surface area (Å²) in [5, 5.41) is 12.7. The van der Waals surface area contributed by atoms with Crippen LogP contribution < -0.4 is 10.2 Å². The van der Waals surface area contributed by atoms with Gasteiger partial charge in [-0.3, -0.25) is 4.99 Å². The molecule has 0 bridgehead atoms. The second-order valence-corrected chi connectivity index (χ2v) is 8.33. The van der Waals surface area contributed by atoms with Crippen molar-refractivity contribution in [2.24, 2.45) is 10.9 Å². The minimum absolute atomic E-state index is 0.337. The number of anilines is 2. The molecule has 168 valence electrons. The van der Waals surface area contributed by atoms with Crippen molar-refractivity contribution in [3.63, 3.8) is 0 Å². The fourth-order valence-corrected chi connectivity index (χ4v) is 4.27. The highest BCUT2D eigenvalue weighted by atomic mass is 19.1. The van der Waals surface area contributed by atoms with E-state index in [9.17, 15) is 14.0 Å². The lowest BCUT2D eigenvalue weighted by Gasteiger charge is -2.35. The van der Waals surface area contributed by atoms with Gasteiger partial charge in [0.2, 0.25) is 0 Å². The first-order chi connectivity index (χ1) is 16.0. The molecule has 2 heterocycles. The van der Waals surface area contributed by atoms with Crippen LogP contribution in [0.4, 0.5) is 20.2 Å². The van der Waals surface area contributed by atoms with Crippen LogP contribution in [0.25, 0.3) is 0 Å². The van der Waals surface area contributed by atoms with Crippen molar-refractivity contribution < 1.29 is 8.78 Å². The molecule has 2 aromatic rings. The molecule has 1 N–H and O–H groups in total. The van der Waals surface area contributed by atoms with Crippen molar-refractivity contribution in [1.29, 1.82) is 5.26 Å².